The van der Waals surface area contributed by atoms with Gasteiger partial charge in [-0.2, -0.15) is 24.9 Å². The van der Waals surface area contributed by atoms with Crippen molar-refractivity contribution in [3.63, 3.8) is 0 Å². The van der Waals surface area contributed by atoms with Crippen LogP contribution >= 0.6 is 34.8 Å². The standard InChI is InChI=1S/C10H16N5O14P3.C4H4S/c11-10-13-7-4(8(18)14-10)12-2-15(7)9-6(17)5(16)3(27-9)1-26-31(22,23)29-32(24,25)28-30(19,20)21;1-2-4-5-3-1/h2-3,5-6,9,16-17H,1H2,(H,22,23)(H,24,25)(H2,19,20,21)(H3,11,13,14,18);1-4H/t3-,5-,6-,9-;/m1./s1. The molecule has 1 fully saturated rings. The number of aliphatic hydroxyl groups excluding tert-OH is 2. The van der Waals surface area contributed by atoms with E-state index in [1.54, 1.807) is 11.3 Å². The average molecular weight is 607 g/mol. The fraction of sp³-hybridized carbons (Fsp3) is 0.357. The molecule has 1 saturated heterocycles. The second-order valence-corrected chi connectivity index (χ2v) is 12.2. The normalized spacial score (nSPS) is 25.2. The first-order chi connectivity index (χ1) is 17.1. The second kappa shape index (κ2) is 11.5. The van der Waals surface area contributed by atoms with Crippen LogP contribution in [0.3, 0.4) is 0 Å². The van der Waals surface area contributed by atoms with E-state index in [-0.39, 0.29) is 17.1 Å². The summed E-state index contributed by atoms with van der Waals surface area (Å²) in [6.45, 7) is -1.01. The number of H-pyrrole nitrogens is 1. The van der Waals surface area contributed by atoms with Gasteiger partial charge in [-0.15, -0.1) is 0 Å². The van der Waals surface area contributed by atoms with Crippen LogP contribution in [0.25, 0.3) is 11.2 Å². The van der Waals surface area contributed by atoms with Crippen molar-refractivity contribution in [3.05, 3.63) is 39.6 Å². The van der Waals surface area contributed by atoms with Crippen LogP contribution in [0.15, 0.2) is 34.0 Å². The predicted molar refractivity (Wildman–Crippen MR) is 123 cm³/mol. The molecule has 3 aromatic heterocycles. The fourth-order valence-corrected chi connectivity index (χ4v) is 6.41. The van der Waals surface area contributed by atoms with Gasteiger partial charge in [0.25, 0.3) is 5.56 Å². The first kappa shape index (κ1) is 29.7. The lowest BCUT2D eigenvalue weighted by Gasteiger charge is -2.19. The number of nitrogens with one attached hydrogen (secondary N) is 1. The van der Waals surface area contributed by atoms with Crippen molar-refractivity contribution in [2.75, 3.05) is 12.3 Å². The van der Waals surface area contributed by atoms with Crippen LogP contribution in [0.2, 0.25) is 0 Å². The van der Waals surface area contributed by atoms with E-state index in [2.05, 4.69) is 28.1 Å². The maximum atomic E-state index is 11.9. The molecule has 23 heteroatoms. The highest BCUT2D eigenvalue weighted by Crippen LogP contribution is 2.66. The molecule has 0 aromatic carbocycles. The Morgan fingerprint density at radius 2 is 1.73 bits per heavy atom. The van der Waals surface area contributed by atoms with Gasteiger partial charge in [0.15, 0.2) is 17.4 Å². The van der Waals surface area contributed by atoms with E-state index < -0.39 is 60.2 Å². The summed E-state index contributed by atoms with van der Waals surface area (Å²) in [5.74, 6) is -0.276. The number of rotatable bonds is 8. The number of phosphoric acid groups is 3. The summed E-state index contributed by atoms with van der Waals surface area (Å²) >= 11 is 1.71. The Bertz CT molecular complexity index is 1390. The van der Waals surface area contributed by atoms with Crippen molar-refractivity contribution in [1.29, 1.82) is 0 Å². The molecule has 9 N–H and O–H groups in total. The molecule has 6 atom stereocenters. The van der Waals surface area contributed by atoms with Crippen molar-refractivity contribution in [2.24, 2.45) is 0 Å². The molecule has 0 amide bonds. The number of imidazole rings is 1. The van der Waals surface area contributed by atoms with Crippen LogP contribution in [-0.4, -0.2) is 74.2 Å². The number of ether oxygens (including phenoxy) is 1. The van der Waals surface area contributed by atoms with E-state index in [1.165, 1.54) is 0 Å². The number of nitrogens with zero attached hydrogens (tertiary/aromatic N) is 3. The minimum Gasteiger partial charge on any atom is -0.387 e. The average Bonchev–Trinajstić information content (AvgIpc) is 3.48. The molecule has 4 rings (SSSR count). The first-order valence-corrected chi connectivity index (χ1v) is 15.0. The molecule has 206 valence electrons. The summed E-state index contributed by atoms with van der Waals surface area (Å²) in [6, 6.07) is 4.04. The third kappa shape index (κ3) is 8.06. The number of fused-ring (bicyclic) bond motifs is 1. The van der Waals surface area contributed by atoms with Gasteiger partial charge in [0, 0.05) is 0 Å². The number of anilines is 1. The van der Waals surface area contributed by atoms with E-state index in [0.29, 0.717) is 0 Å². The van der Waals surface area contributed by atoms with Gasteiger partial charge in [-0.1, -0.05) is 12.1 Å². The van der Waals surface area contributed by atoms with E-state index in [0.717, 1.165) is 10.9 Å². The molecule has 0 spiro atoms. The van der Waals surface area contributed by atoms with Gasteiger partial charge in [0.05, 0.1) is 12.9 Å². The molecule has 4 heterocycles. The summed E-state index contributed by atoms with van der Waals surface area (Å²) in [6.07, 6.45) is -5.33. The zero-order chi connectivity index (χ0) is 27.6. The number of aromatic nitrogens is 4. The summed E-state index contributed by atoms with van der Waals surface area (Å²) in [4.78, 5) is 57.3. The van der Waals surface area contributed by atoms with E-state index in [9.17, 15) is 33.6 Å². The molecule has 37 heavy (non-hydrogen) atoms. The number of nitrogens with two attached hydrogens (primary N) is 1. The van der Waals surface area contributed by atoms with Gasteiger partial charge in [-0.25, -0.2) is 18.7 Å². The Morgan fingerprint density at radius 1 is 1.08 bits per heavy atom. The van der Waals surface area contributed by atoms with Crippen LogP contribution in [0.5, 0.6) is 0 Å². The molecule has 2 unspecified atom stereocenters. The molecule has 1 aliphatic rings. The summed E-state index contributed by atoms with van der Waals surface area (Å²) in [5.41, 5.74) is 4.50. The minimum absolute atomic E-state index is 0.115. The SMILES string of the molecule is Nc1nc2c(ncn2[C@@H]2O[C@H](COP(=O)(O)OP(=O)(O)OP(=O)(O)O)[C@@H](O)[C@H]2O)c(=O)[nH]1.c1ccsc1. The molecule has 0 bridgehead atoms. The molecule has 19 nitrogen and oxygen atoms in total. The zero-order valence-corrected chi connectivity index (χ0v) is 21.5. The molecule has 1 aliphatic heterocycles. The second-order valence-electron chi connectivity index (χ2n) is 7.00. The Kier molecular flexibility index (Phi) is 9.22. The maximum Gasteiger partial charge on any atom is 0.490 e. The topological polar surface area (TPSA) is 299 Å². The Hall–Kier alpha value is -1.86. The number of thiophene rings is 1. The highest BCUT2D eigenvalue weighted by molar-refractivity contribution is 7.66. The summed E-state index contributed by atoms with van der Waals surface area (Å²) in [7, 11) is -16.8. The van der Waals surface area contributed by atoms with Gasteiger partial charge in [-0.3, -0.25) is 18.9 Å². The lowest BCUT2D eigenvalue weighted by atomic mass is 10.1. The lowest BCUT2D eigenvalue weighted by molar-refractivity contribution is -0.0503. The Balaban J connectivity index is 0.000000678. The van der Waals surface area contributed by atoms with E-state index in [1.807, 2.05) is 22.9 Å². The zero-order valence-electron chi connectivity index (χ0n) is 18.0. The monoisotopic (exact) mass is 607 g/mol. The summed E-state index contributed by atoms with van der Waals surface area (Å²) in [5, 5.41) is 24.5. The molecule has 0 saturated carbocycles. The van der Waals surface area contributed by atoms with Crippen LogP contribution in [0.4, 0.5) is 5.95 Å². The number of hydrogen-bond acceptors (Lipinski definition) is 14. The number of hydrogen-bond donors (Lipinski definition) is 8. The van der Waals surface area contributed by atoms with Crippen LogP contribution in [0.1, 0.15) is 6.23 Å². The quantitative estimate of drug-likeness (QED) is 0.148. The van der Waals surface area contributed by atoms with Crippen molar-refractivity contribution in [3.8, 4) is 0 Å². The number of nitrogen functional groups attached to an aromatic ring is 1. The van der Waals surface area contributed by atoms with Crippen molar-refractivity contribution in [1.82, 2.24) is 19.5 Å². The molecule has 0 radical (unpaired) electrons. The summed E-state index contributed by atoms with van der Waals surface area (Å²) < 4.78 is 51.6. The van der Waals surface area contributed by atoms with Gasteiger partial charge < -0.3 is 40.3 Å². The molecule has 3 aromatic rings. The van der Waals surface area contributed by atoms with E-state index in [4.69, 9.17) is 25.2 Å². The fourth-order valence-electron chi connectivity index (χ4n) is 2.92. The van der Waals surface area contributed by atoms with Gasteiger partial charge in [0.1, 0.15) is 18.3 Å². The first-order valence-electron chi connectivity index (χ1n) is 9.58. The largest absolute Gasteiger partial charge is 0.490 e. The van der Waals surface area contributed by atoms with Crippen molar-refractivity contribution < 1.29 is 61.4 Å². The van der Waals surface area contributed by atoms with Crippen LogP contribution in [0, 0.1) is 0 Å². The highest BCUT2D eigenvalue weighted by Gasteiger charge is 2.47. The highest BCUT2D eigenvalue weighted by atomic mass is 32.1. The lowest BCUT2D eigenvalue weighted by Crippen LogP contribution is -2.33. The molecule has 0 aliphatic carbocycles. The third-order valence-electron chi connectivity index (χ3n) is 4.31. The third-order valence-corrected chi connectivity index (χ3v) is 8.74. The molecular weight excluding hydrogens is 587 g/mol. The van der Waals surface area contributed by atoms with E-state index >= 15 is 0 Å². The van der Waals surface area contributed by atoms with Gasteiger partial charge in [0.2, 0.25) is 5.95 Å². The Labute approximate surface area is 209 Å². The smallest absolute Gasteiger partial charge is 0.387 e. The van der Waals surface area contributed by atoms with Crippen molar-refractivity contribution in [2.45, 2.75) is 24.5 Å². The van der Waals surface area contributed by atoms with Crippen LogP contribution in [-0.2, 0) is 31.6 Å². The minimum atomic E-state index is -5.73. The van der Waals surface area contributed by atoms with Gasteiger partial charge >= 0.3 is 23.5 Å². The van der Waals surface area contributed by atoms with Crippen molar-refractivity contribution >= 4 is 51.9 Å². The number of aromatic amines is 1. The number of aliphatic hydroxyl groups is 2. The Morgan fingerprint density at radius 3 is 2.30 bits per heavy atom. The maximum absolute atomic E-state index is 11.9. The molecular formula is C14H20N5O14P3S. The predicted octanol–water partition coefficient (Wildman–Crippen LogP) is -0.588. The number of phosphoric ester groups is 1. The van der Waals surface area contributed by atoms with Gasteiger partial charge in [-0.05, 0) is 10.8 Å². The van der Waals surface area contributed by atoms with Crippen LogP contribution < -0.4 is 11.3 Å².